The maximum atomic E-state index is 4.31. The first-order valence-corrected chi connectivity index (χ1v) is 9.02. The van der Waals surface area contributed by atoms with Crippen LogP contribution in [0.4, 0.5) is 0 Å². The Hall–Kier alpha value is -1.72. The Morgan fingerprint density at radius 3 is 2.62 bits per heavy atom. The van der Waals surface area contributed by atoms with Gasteiger partial charge in [0.25, 0.3) is 0 Å². The molecule has 0 aliphatic carbocycles. The molecule has 0 bridgehead atoms. The van der Waals surface area contributed by atoms with Gasteiger partial charge in [-0.05, 0) is 49.4 Å². The van der Waals surface area contributed by atoms with Gasteiger partial charge in [0.2, 0.25) is 0 Å². The number of rotatable bonds is 4. The van der Waals surface area contributed by atoms with Gasteiger partial charge >= 0.3 is 0 Å². The average Bonchev–Trinajstić information content (AvgIpc) is 3.15. The maximum Gasteiger partial charge on any atom is 0.0534 e. The molecule has 1 unspecified atom stereocenters. The molecule has 0 aromatic carbocycles. The fourth-order valence-corrected chi connectivity index (χ4v) is 4.50. The van der Waals surface area contributed by atoms with Crippen LogP contribution in [0.2, 0.25) is 0 Å². The number of hydrogen-bond donors (Lipinski definition) is 0. The molecule has 2 aliphatic rings. The molecular formula is C19H27N5. The van der Waals surface area contributed by atoms with E-state index in [1.54, 1.807) is 0 Å². The SMILES string of the molecule is Cn1cc(CN2CCCC3(CCN(Cc4cccnc4)C3)C2)cn1. The van der Waals surface area contributed by atoms with Gasteiger partial charge in [-0.25, -0.2) is 0 Å². The number of likely N-dealkylation sites (tertiary alicyclic amines) is 2. The first-order valence-electron chi connectivity index (χ1n) is 9.02. The van der Waals surface area contributed by atoms with Gasteiger partial charge in [-0.1, -0.05) is 6.07 Å². The third-order valence-corrected chi connectivity index (χ3v) is 5.55. The van der Waals surface area contributed by atoms with Gasteiger partial charge in [0.1, 0.15) is 0 Å². The van der Waals surface area contributed by atoms with Gasteiger partial charge in [0.15, 0.2) is 0 Å². The van der Waals surface area contributed by atoms with Crippen LogP contribution in [-0.2, 0) is 20.1 Å². The molecule has 1 atom stereocenters. The molecule has 2 aromatic heterocycles. The van der Waals surface area contributed by atoms with Crippen molar-refractivity contribution < 1.29 is 0 Å². The van der Waals surface area contributed by atoms with E-state index in [-0.39, 0.29) is 0 Å². The highest BCUT2D eigenvalue weighted by atomic mass is 15.2. The van der Waals surface area contributed by atoms with Crippen LogP contribution in [0.3, 0.4) is 0 Å². The van der Waals surface area contributed by atoms with Crippen LogP contribution in [0.1, 0.15) is 30.4 Å². The lowest BCUT2D eigenvalue weighted by Crippen LogP contribution is -2.44. The van der Waals surface area contributed by atoms with Crippen molar-refractivity contribution >= 4 is 0 Å². The largest absolute Gasteiger partial charge is 0.298 e. The summed E-state index contributed by atoms with van der Waals surface area (Å²) < 4.78 is 1.90. The predicted molar refractivity (Wildman–Crippen MR) is 94.3 cm³/mol. The first-order chi connectivity index (χ1) is 11.7. The Morgan fingerprint density at radius 2 is 1.88 bits per heavy atom. The van der Waals surface area contributed by atoms with Crippen LogP contribution in [-0.4, -0.2) is 50.7 Å². The lowest BCUT2D eigenvalue weighted by molar-refractivity contribution is 0.0866. The molecule has 24 heavy (non-hydrogen) atoms. The Labute approximate surface area is 144 Å². The van der Waals surface area contributed by atoms with Crippen molar-refractivity contribution in [3.8, 4) is 0 Å². The molecule has 0 amide bonds. The minimum absolute atomic E-state index is 0.489. The summed E-state index contributed by atoms with van der Waals surface area (Å²) in [6, 6.07) is 4.23. The number of piperidine rings is 1. The van der Waals surface area contributed by atoms with Crippen LogP contribution in [0.5, 0.6) is 0 Å². The normalized spacial score (nSPS) is 25.5. The van der Waals surface area contributed by atoms with Crippen molar-refractivity contribution in [2.45, 2.75) is 32.4 Å². The van der Waals surface area contributed by atoms with E-state index in [1.807, 2.05) is 36.4 Å². The topological polar surface area (TPSA) is 37.2 Å². The summed E-state index contributed by atoms with van der Waals surface area (Å²) in [4.78, 5) is 9.50. The molecule has 2 fully saturated rings. The zero-order valence-electron chi connectivity index (χ0n) is 14.6. The van der Waals surface area contributed by atoms with Gasteiger partial charge in [0, 0.05) is 57.4 Å². The van der Waals surface area contributed by atoms with E-state index in [2.05, 4.69) is 32.1 Å². The highest BCUT2D eigenvalue weighted by Crippen LogP contribution is 2.39. The fourth-order valence-electron chi connectivity index (χ4n) is 4.50. The number of aryl methyl sites for hydroxylation is 1. The maximum absolute atomic E-state index is 4.31. The third-order valence-electron chi connectivity index (χ3n) is 5.55. The molecule has 0 N–H and O–H groups in total. The summed E-state index contributed by atoms with van der Waals surface area (Å²) in [7, 11) is 1.99. The number of pyridine rings is 1. The van der Waals surface area contributed by atoms with Gasteiger partial charge < -0.3 is 0 Å². The van der Waals surface area contributed by atoms with Crippen LogP contribution in [0, 0.1) is 5.41 Å². The Morgan fingerprint density at radius 1 is 1.04 bits per heavy atom. The van der Waals surface area contributed by atoms with Crippen LogP contribution < -0.4 is 0 Å². The van der Waals surface area contributed by atoms with Crippen LogP contribution >= 0.6 is 0 Å². The average molecular weight is 325 g/mol. The molecule has 128 valence electrons. The molecule has 2 saturated heterocycles. The molecule has 5 heteroatoms. The second kappa shape index (κ2) is 6.65. The molecule has 2 aliphatic heterocycles. The molecule has 5 nitrogen and oxygen atoms in total. The second-order valence-electron chi connectivity index (χ2n) is 7.66. The van der Waals surface area contributed by atoms with Crippen LogP contribution in [0.25, 0.3) is 0 Å². The predicted octanol–water partition coefficient (Wildman–Crippen LogP) is 2.30. The number of aromatic nitrogens is 3. The minimum Gasteiger partial charge on any atom is -0.298 e. The summed E-state index contributed by atoms with van der Waals surface area (Å²) in [6.45, 7) is 6.97. The highest BCUT2D eigenvalue weighted by Gasteiger charge is 2.41. The summed E-state index contributed by atoms with van der Waals surface area (Å²) in [6.07, 6.45) is 12.0. The molecule has 0 radical (unpaired) electrons. The van der Waals surface area contributed by atoms with E-state index in [0.717, 1.165) is 13.1 Å². The second-order valence-corrected chi connectivity index (χ2v) is 7.66. The third kappa shape index (κ3) is 3.52. The summed E-state index contributed by atoms with van der Waals surface area (Å²) in [5.41, 5.74) is 3.15. The summed E-state index contributed by atoms with van der Waals surface area (Å²) in [5, 5.41) is 4.31. The Kier molecular flexibility index (Phi) is 4.37. The summed E-state index contributed by atoms with van der Waals surface area (Å²) >= 11 is 0. The Balaban J connectivity index is 1.36. The van der Waals surface area contributed by atoms with E-state index < -0.39 is 0 Å². The van der Waals surface area contributed by atoms with Gasteiger partial charge in [-0.3, -0.25) is 19.5 Å². The zero-order chi connectivity index (χ0) is 16.4. The van der Waals surface area contributed by atoms with Crippen molar-refractivity contribution in [2.75, 3.05) is 26.2 Å². The monoisotopic (exact) mass is 325 g/mol. The summed E-state index contributed by atoms with van der Waals surface area (Å²) in [5.74, 6) is 0. The lowest BCUT2D eigenvalue weighted by atomic mass is 9.79. The van der Waals surface area contributed by atoms with Gasteiger partial charge in [-0.2, -0.15) is 5.10 Å². The number of nitrogens with zero attached hydrogens (tertiary/aromatic N) is 5. The molecule has 4 heterocycles. The van der Waals surface area contributed by atoms with Crippen molar-refractivity contribution in [1.29, 1.82) is 0 Å². The molecule has 0 saturated carbocycles. The van der Waals surface area contributed by atoms with E-state index in [4.69, 9.17) is 0 Å². The molecule has 1 spiro atoms. The molecule has 4 rings (SSSR count). The van der Waals surface area contributed by atoms with Crippen molar-refractivity contribution in [1.82, 2.24) is 24.6 Å². The quantitative estimate of drug-likeness (QED) is 0.864. The van der Waals surface area contributed by atoms with E-state index in [9.17, 15) is 0 Å². The Bertz CT molecular complexity index is 667. The molecule has 2 aromatic rings. The van der Waals surface area contributed by atoms with Crippen molar-refractivity contribution in [2.24, 2.45) is 12.5 Å². The number of hydrogen-bond acceptors (Lipinski definition) is 4. The lowest BCUT2D eigenvalue weighted by Gasteiger charge is -2.40. The van der Waals surface area contributed by atoms with Gasteiger partial charge in [-0.15, -0.1) is 0 Å². The highest BCUT2D eigenvalue weighted by molar-refractivity contribution is 5.09. The smallest absolute Gasteiger partial charge is 0.0534 e. The zero-order valence-corrected chi connectivity index (χ0v) is 14.6. The fraction of sp³-hybridized carbons (Fsp3) is 0.579. The molecular weight excluding hydrogens is 298 g/mol. The van der Waals surface area contributed by atoms with E-state index in [1.165, 1.54) is 56.6 Å². The minimum atomic E-state index is 0.489. The van der Waals surface area contributed by atoms with E-state index >= 15 is 0 Å². The van der Waals surface area contributed by atoms with Crippen LogP contribution in [0.15, 0.2) is 36.9 Å². The van der Waals surface area contributed by atoms with Crippen molar-refractivity contribution in [3.63, 3.8) is 0 Å². The standard InChI is InChI=1S/C19H27N5/c1-22-12-18(11-21-22)14-23-8-3-5-19(15-23)6-9-24(16-19)13-17-4-2-7-20-10-17/h2,4,7,10-12H,3,5-6,8-9,13-16H2,1H3. The van der Waals surface area contributed by atoms with Gasteiger partial charge in [0.05, 0.1) is 6.20 Å². The van der Waals surface area contributed by atoms with E-state index in [0.29, 0.717) is 5.41 Å². The van der Waals surface area contributed by atoms with Crippen molar-refractivity contribution in [3.05, 3.63) is 48.0 Å². The first kappa shape index (κ1) is 15.8.